The number of halogens is 2. The van der Waals surface area contributed by atoms with Crippen LogP contribution in [0.15, 0.2) is 45.3 Å². The molecule has 6 heteroatoms. The Morgan fingerprint density at radius 3 is 2.62 bits per heavy atom. The Kier molecular flexibility index (Phi) is 7.30. The van der Waals surface area contributed by atoms with E-state index in [1.165, 1.54) is 0 Å². The Hall–Kier alpha value is -1.33. The van der Waals surface area contributed by atoms with Crippen LogP contribution >= 0.6 is 27.5 Å². The first-order valence-electron chi connectivity index (χ1n) is 8.67. The summed E-state index contributed by atoms with van der Waals surface area (Å²) >= 11 is 9.83. The first-order chi connectivity index (χ1) is 12.4. The van der Waals surface area contributed by atoms with Crippen LogP contribution in [-0.2, 0) is 15.9 Å². The van der Waals surface area contributed by atoms with E-state index < -0.39 is 5.54 Å². The van der Waals surface area contributed by atoms with Crippen molar-refractivity contribution in [3.05, 3.63) is 45.9 Å². The maximum atomic E-state index is 6.39. The molecule has 0 amide bonds. The summed E-state index contributed by atoms with van der Waals surface area (Å²) in [5, 5.41) is 0.732. The van der Waals surface area contributed by atoms with Gasteiger partial charge in [0.15, 0.2) is 0 Å². The summed E-state index contributed by atoms with van der Waals surface area (Å²) in [5.74, 6) is 1.54. The maximum absolute atomic E-state index is 6.39. The molecule has 1 heterocycles. The Morgan fingerprint density at radius 1 is 1.35 bits per heavy atom. The highest BCUT2D eigenvalue weighted by Crippen LogP contribution is 2.33. The van der Waals surface area contributed by atoms with Crippen molar-refractivity contribution in [3.8, 4) is 0 Å². The summed E-state index contributed by atoms with van der Waals surface area (Å²) in [6.45, 7) is 8.10. The van der Waals surface area contributed by atoms with Crippen LogP contribution in [0.5, 0.6) is 0 Å². The van der Waals surface area contributed by atoms with Crippen LogP contribution in [0.4, 0.5) is 0 Å². The van der Waals surface area contributed by atoms with Crippen LogP contribution in [0, 0.1) is 5.92 Å². The van der Waals surface area contributed by atoms with Crippen molar-refractivity contribution >= 4 is 39.3 Å². The fraction of sp³-hybridized carbons (Fsp3) is 0.500. The van der Waals surface area contributed by atoms with Crippen LogP contribution in [-0.4, -0.2) is 37.6 Å². The number of aliphatic imine (C=N–C) groups is 2. The number of aryl methyl sites for hydroxylation is 1. The molecule has 0 radical (unpaired) electrons. The molecular weight excluding hydrogens is 416 g/mol. The smallest absolute Gasteiger partial charge is 0.213 e. The van der Waals surface area contributed by atoms with E-state index in [1.807, 2.05) is 24.3 Å². The first kappa shape index (κ1) is 21.0. The summed E-state index contributed by atoms with van der Waals surface area (Å²) in [5.41, 5.74) is 0.442. The van der Waals surface area contributed by atoms with Crippen molar-refractivity contribution in [2.45, 2.75) is 44.7 Å². The predicted octanol–water partition coefficient (Wildman–Crippen LogP) is 5.48. The predicted molar refractivity (Wildman–Crippen MR) is 113 cm³/mol. The van der Waals surface area contributed by atoms with Gasteiger partial charge in [0.1, 0.15) is 11.6 Å². The molecule has 2 atom stereocenters. The molecule has 4 nitrogen and oxygen atoms in total. The second-order valence-corrected chi connectivity index (χ2v) is 8.06. The van der Waals surface area contributed by atoms with Gasteiger partial charge in [-0.3, -0.25) is 0 Å². The van der Waals surface area contributed by atoms with Gasteiger partial charge in [0.05, 0.1) is 14.2 Å². The molecule has 2 rings (SSSR count). The minimum absolute atomic E-state index is 0.135. The minimum atomic E-state index is -0.621. The fourth-order valence-corrected chi connectivity index (χ4v) is 3.94. The highest BCUT2D eigenvalue weighted by Gasteiger charge is 2.42. The number of hydrogen-bond acceptors (Lipinski definition) is 4. The molecular formula is C20H26BrClN2O2. The van der Waals surface area contributed by atoms with E-state index in [0.29, 0.717) is 24.6 Å². The zero-order valence-electron chi connectivity index (χ0n) is 15.8. The Labute approximate surface area is 169 Å². The van der Waals surface area contributed by atoms with Crippen molar-refractivity contribution in [3.63, 3.8) is 0 Å². The second-order valence-electron chi connectivity index (χ2n) is 6.74. The molecule has 0 N–H and O–H groups in total. The molecule has 0 fully saturated rings. The number of nitrogens with zero attached hydrogens (tertiary/aromatic N) is 2. The molecule has 0 unspecified atom stereocenters. The van der Waals surface area contributed by atoms with Gasteiger partial charge in [0.25, 0.3) is 0 Å². The molecule has 0 spiro atoms. The van der Waals surface area contributed by atoms with E-state index in [9.17, 15) is 0 Å². The van der Waals surface area contributed by atoms with Crippen molar-refractivity contribution in [2.75, 3.05) is 14.2 Å². The summed E-state index contributed by atoms with van der Waals surface area (Å²) in [4.78, 5) is 9.78. The molecule has 0 bridgehead atoms. The van der Waals surface area contributed by atoms with E-state index >= 15 is 0 Å². The monoisotopic (exact) mass is 440 g/mol. The topological polar surface area (TPSA) is 43.2 Å². The summed E-state index contributed by atoms with van der Waals surface area (Å²) in [6, 6.07) is 5.79. The lowest BCUT2D eigenvalue weighted by Crippen LogP contribution is -2.46. The molecule has 0 saturated carbocycles. The van der Waals surface area contributed by atoms with Gasteiger partial charge < -0.3 is 9.47 Å². The normalized spacial score (nSPS) is 22.7. The standard InChI is InChI=1S/C20H26BrClN2O2/c1-6-10-20(11-9-14-7-8-15(21)12-16(14)22)19(26-5)23-17(13(2)3)18(24-20)25-4/h6-8,12-13,17H,1,9-11H2,2-5H3/t17-,20+/m1/s1. The van der Waals surface area contributed by atoms with E-state index in [4.69, 9.17) is 31.1 Å². The number of methoxy groups -OCH3 is 2. The molecule has 0 aliphatic carbocycles. The highest BCUT2D eigenvalue weighted by atomic mass is 79.9. The SMILES string of the molecule is C=CC[C@@]1(CCc2ccc(Br)cc2Cl)N=C(OC)[C@@H](C(C)C)N=C1OC. The van der Waals surface area contributed by atoms with E-state index in [-0.39, 0.29) is 12.0 Å². The van der Waals surface area contributed by atoms with E-state index in [2.05, 4.69) is 36.4 Å². The zero-order chi connectivity index (χ0) is 19.3. The average Bonchev–Trinajstić information content (AvgIpc) is 2.60. The van der Waals surface area contributed by atoms with Crippen LogP contribution in [0.3, 0.4) is 0 Å². The van der Waals surface area contributed by atoms with Gasteiger partial charge in [-0.1, -0.05) is 53.5 Å². The van der Waals surface area contributed by atoms with Crippen molar-refractivity contribution < 1.29 is 9.47 Å². The lowest BCUT2D eigenvalue weighted by molar-refractivity contribution is 0.297. The summed E-state index contributed by atoms with van der Waals surface area (Å²) < 4.78 is 12.2. The minimum Gasteiger partial charge on any atom is -0.483 e. The Bertz CT molecular complexity index is 718. The third-order valence-corrected chi connectivity index (χ3v) is 5.42. The molecule has 142 valence electrons. The molecule has 1 aliphatic heterocycles. The third-order valence-electron chi connectivity index (χ3n) is 4.57. The molecule has 0 aromatic heterocycles. The summed E-state index contributed by atoms with van der Waals surface area (Å²) in [7, 11) is 3.29. The van der Waals surface area contributed by atoms with Gasteiger partial charge in [-0.05, 0) is 42.9 Å². The summed E-state index contributed by atoms with van der Waals surface area (Å²) in [6.07, 6.45) is 3.91. The van der Waals surface area contributed by atoms with Crippen LogP contribution in [0.2, 0.25) is 5.02 Å². The largest absolute Gasteiger partial charge is 0.483 e. The second kappa shape index (κ2) is 9.05. The third kappa shape index (κ3) is 4.49. The Balaban J connectivity index is 2.38. The number of hydrogen-bond donors (Lipinski definition) is 0. The van der Waals surface area contributed by atoms with E-state index in [1.54, 1.807) is 14.2 Å². The van der Waals surface area contributed by atoms with Crippen molar-refractivity contribution in [1.82, 2.24) is 0 Å². The van der Waals surface area contributed by atoms with Crippen LogP contribution < -0.4 is 0 Å². The van der Waals surface area contributed by atoms with Crippen molar-refractivity contribution in [2.24, 2.45) is 15.9 Å². The maximum Gasteiger partial charge on any atom is 0.213 e. The molecule has 26 heavy (non-hydrogen) atoms. The lowest BCUT2D eigenvalue weighted by Gasteiger charge is -2.36. The zero-order valence-corrected chi connectivity index (χ0v) is 18.1. The molecule has 1 aliphatic rings. The average molecular weight is 442 g/mol. The van der Waals surface area contributed by atoms with Gasteiger partial charge >= 0.3 is 0 Å². The van der Waals surface area contributed by atoms with Crippen LogP contribution in [0.25, 0.3) is 0 Å². The quantitative estimate of drug-likeness (QED) is 0.549. The van der Waals surface area contributed by atoms with E-state index in [0.717, 1.165) is 21.5 Å². The van der Waals surface area contributed by atoms with Gasteiger partial charge in [-0.2, -0.15) is 0 Å². The lowest BCUT2D eigenvalue weighted by atomic mass is 9.86. The highest BCUT2D eigenvalue weighted by molar-refractivity contribution is 9.10. The number of ether oxygens (including phenoxy) is 2. The number of rotatable bonds is 6. The molecule has 1 aromatic rings. The van der Waals surface area contributed by atoms with Gasteiger partial charge in [0, 0.05) is 9.50 Å². The first-order valence-corrected chi connectivity index (χ1v) is 9.84. The van der Waals surface area contributed by atoms with Gasteiger partial charge in [-0.25, -0.2) is 9.98 Å². The van der Waals surface area contributed by atoms with Gasteiger partial charge in [-0.15, -0.1) is 6.58 Å². The fourth-order valence-electron chi connectivity index (χ4n) is 3.17. The van der Waals surface area contributed by atoms with Gasteiger partial charge in [0.2, 0.25) is 11.8 Å². The van der Waals surface area contributed by atoms with Crippen LogP contribution in [0.1, 0.15) is 32.3 Å². The number of benzene rings is 1. The molecule has 1 aromatic carbocycles. The Morgan fingerprint density at radius 2 is 2.08 bits per heavy atom. The van der Waals surface area contributed by atoms with Crippen molar-refractivity contribution in [1.29, 1.82) is 0 Å². The molecule has 0 saturated heterocycles.